The number of rotatable bonds is 9. The molecule has 1 N–H and O–H groups in total. The van der Waals surface area contributed by atoms with E-state index in [-0.39, 0.29) is 23.1 Å². The predicted octanol–water partition coefficient (Wildman–Crippen LogP) is 5.94. The van der Waals surface area contributed by atoms with Crippen LogP contribution in [0.3, 0.4) is 0 Å². The molecule has 0 unspecified atom stereocenters. The summed E-state index contributed by atoms with van der Waals surface area (Å²) in [5, 5.41) is 2.98. The van der Waals surface area contributed by atoms with Gasteiger partial charge in [0.25, 0.3) is 5.91 Å². The minimum Gasteiger partial charge on any atom is -0.493 e. The fraction of sp³-hybridized carbons (Fsp3) is 0.167. The van der Waals surface area contributed by atoms with E-state index < -0.39 is 5.97 Å². The monoisotopic (exact) mass is 455 g/mol. The van der Waals surface area contributed by atoms with E-state index in [1.807, 2.05) is 18.2 Å². The molecule has 3 rings (SSSR count). The third kappa shape index (κ3) is 6.77. The Balaban J connectivity index is 1.50. The summed E-state index contributed by atoms with van der Waals surface area (Å²) in [5.41, 5.74) is 1.23. The summed E-state index contributed by atoms with van der Waals surface area (Å²) >= 11 is 7.87. The van der Waals surface area contributed by atoms with Crippen molar-refractivity contribution in [3.63, 3.8) is 0 Å². The quantitative estimate of drug-likeness (QED) is 0.246. The van der Waals surface area contributed by atoms with Gasteiger partial charge in [-0.2, -0.15) is 0 Å². The van der Waals surface area contributed by atoms with E-state index in [1.54, 1.807) is 49.0 Å². The molecule has 0 saturated heterocycles. The lowest BCUT2D eigenvalue weighted by Crippen LogP contribution is -2.12. The van der Waals surface area contributed by atoms with Gasteiger partial charge in [0.1, 0.15) is 5.75 Å². The lowest BCUT2D eigenvalue weighted by Gasteiger charge is -2.09. The summed E-state index contributed by atoms with van der Waals surface area (Å²) in [5.74, 6) is 0.746. The van der Waals surface area contributed by atoms with Gasteiger partial charge in [-0.3, -0.25) is 4.79 Å². The maximum atomic E-state index is 12.5. The van der Waals surface area contributed by atoms with Crippen molar-refractivity contribution >= 4 is 40.9 Å². The highest BCUT2D eigenvalue weighted by Gasteiger charge is 2.13. The second kappa shape index (κ2) is 11.4. The van der Waals surface area contributed by atoms with Crippen molar-refractivity contribution in [1.29, 1.82) is 0 Å². The lowest BCUT2D eigenvalue weighted by atomic mass is 10.1. The van der Waals surface area contributed by atoms with E-state index >= 15 is 0 Å². The number of carbonyl (C=O) groups is 2. The summed E-state index contributed by atoms with van der Waals surface area (Å²) < 4.78 is 10.7. The van der Waals surface area contributed by atoms with E-state index in [1.165, 1.54) is 17.0 Å². The summed E-state index contributed by atoms with van der Waals surface area (Å²) in [7, 11) is 0. The van der Waals surface area contributed by atoms with Crippen LogP contribution in [0.5, 0.6) is 5.75 Å². The SMILES string of the molecule is CCOC(=O)c1ccc(NC(=O)c2ccc(OCCSc3ccccc3)cc2)cc1Cl. The molecular formula is C24H22ClNO4S. The molecule has 0 aromatic heterocycles. The molecule has 0 spiro atoms. The Bertz CT molecular complexity index is 1030. The van der Waals surface area contributed by atoms with Gasteiger partial charge in [0.15, 0.2) is 0 Å². The molecule has 0 bridgehead atoms. The number of thioether (sulfide) groups is 1. The summed E-state index contributed by atoms with van der Waals surface area (Å²) in [6.45, 7) is 2.55. The molecule has 0 radical (unpaired) electrons. The lowest BCUT2D eigenvalue weighted by molar-refractivity contribution is 0.0526. The first-order chi connectivity index (χ1) is 15.1. The van der Waals surface area contributed by atoms with Crippen molar-refractivity contribution in [2.24, 2.45) is 0 Å². The molecule has 160 valence electrons. The van der Waals surface area contributed by atoms with Gasteiger partial charge in [0.05, 0.1) is 23.8 Å². The highest BCUT2D eigenvalue weighted by Crippen LogP contribution is 2.23. The van der Waals surface area contributed by atoms with Crippen molar-refractivity contribution in [3.8, 4) is 5.75 Å². The zero-order valence-electron chi connectivity index (χ0n) is 17.0. The Labute approximate surface area is 190 Å². The fourth-order valence-electron chi connectivity index (χ4n) is 2.71. The fourth-order valence-corrected chi connectivity index (χ4v) is 3.72. The maximum Gasteiger partial charge on any atom is 0.339 e. The van der Waals surface area contributed by atoms with Gasteiger partial charge in [0, 0.05) is 21.9 Å². The van der Waals surface area contributed by atoms with E-state index in [0.29, 0.717) is 23.6 Å². The molecule has 5 nitrogen and oxygen atoms in total. The average molecular weight is 456 g/mol. The number of hydrogen-bond acceptors (Lipinski definition) is 5. The Morgan fingerprint density at radius 2 is 1.74 bits per heavy atom. The second-order valence-electron chi connectivity index (χ2n) is 6.40. The topological polar surface area (TPSA) is 64.6 Å². The van der Waals surface area contributed by atoms with Crippen LogP contribution in [0.4, 0.5) is 5.69 Å². The Hall–Kier alpha value is -2.96. The molecule has 0 aliphatic heterocycles. The van der Waals surface area contributed by atoms with Crippen LogP contribution in [0.25, 0.3) is 0 Å². The number of halogens is 1. The zero-order valence-corrected chi connectivity index (χ0v) is 18.5. The first kappa shape index (κ1) is 22.7. The van der Waals surface area contributed by atoms with Gasteiger partial charge in [0.2, 0.25) is 0 Å². The minimum atomic E-state index is -0.497. The summed E-state index contributed by atoms with van der Waals surface area (Å²) in [6.07, 6.45) is 0. The van der Waals surface area contributed by atoms with E-state index in [4.69, 9.17) is 21.1 Å². The van der Waals surface area contributed by atoms with E-state index in [9.17, 15) is 9.59 Å². The average Bonchev–Trinajstić information content (AvgIpc) is 2.78. The van der Waals surface area contributed by atoms with Crippen LogP contribution in [0, 0.1) is 0 Å². The van der Waals surface area contributed by atoms with E-state index in [0.717, 1.165) is 5.75 Å². The minimum absolute atomic E-state index is 0.216. The second-order valence-corrected chi connectivity index (χ2v) is 7.98. The van der Waals surface area contributed by atoms with Crippen LogP contribution < -0.4 is 10.1 Å². The van der Waals surface area contributed by atoms with Crippen molar-refractivity contribution in [2.75, 3.05) is 24.3 Å². The van der Waals surface area contributed by atoms with Crippen molar-refractivity contribution in [1.82, 2.24) is 0 Å². The predicted molar refractivity (Wildman–Crippen MR) is 124 cm³/mol. The molecule has 7 heteroatoms. The van der Waals surface area contributed by atoms with Gasteiger partial charge in [-0.15, -0.1) is 11.8 Å². The number of ether oxygens (including phenoxy) is 2. The highest BCUT2D eigenvalue weighted by atomic mass is 35.5. The zero-order chi connectivity index (χ0) is 22.1. The number of esters is 1. The number of carbonyl (C=O) groups excluding carboxylic acids is 2. The molecule has 0 aliphatic carbocycles. The van der Waals surface area contributed by atoms with Crippen LogP contribution in [0.15, 0.2) is 77.7 Å². The van der Waals surface area contributed by atoms with Crippen LogP contribution in [0.2, 0.25) is 5.02 Å². The first-order valence-corrected chi connectivity index (χ1v) is 11.1. The van der Waals surface area contributed by atoms with Gasteiger partial charge in [-0.25, -0.2) is 4.79 Å². The Morgan fingerprint density at radius 3 is 2.42 bits per heavy atom. The van der Waals surface area contributed by atoms with Crippen molar-refractivity contribution in [3.05, 3.63) is 88.9 Å². The normalized spacial score (nSPS) is 10.4. The summed E-state index contributed by atoms with van der Waals surface area (Å²) in [6, 6.07) is 21.7. The smallest absolute Gasteiger partial charge is 0.339 e. The molecule has 0 saturated carbocycles. The highest BCUT2D eigenvalue weighted by molar-refractivity contribution is 7.99. The van der Waals surface area contributed by atoms with Crippen LogP contribution in [0.1, 0.15) is 27.6 Å². The van der Waals surface area contributed by atoms with Crippen molar-refractivity contribution < 1.29 is 19.1 Å². The maximum absolute atomic E-state index is 12.5. The molecule has 1 amide bonds. The molecule has 3 aromatic carbocycles. The van der Waals surface area contributed by atoms with Gasteiger partial charge >= 0.3 is 5.97 Å². The van der Waals surface area contributed by atoms with Crippen LogP contribution in [-0.2, 0) is 4.74 Å². The number of amides is 1. The number of anilines is 1. The molecule has 3 aromatic rings. The Kier molecular flexibility index (Phi) is 8.38. The molecule has 0 aliphatic rings. The molecule has 31 heavy (non-hydrogen) atoms. The van der Waals surface area contributed by atoms with Gasteiger partial charge < -0.3 is 14.8 Å². The summed E-state index contributed by atoms with van der Waals surface area (Å²) in [4.78, 5) is 25.5. The number of nitrogens with one attached hydrogen (secondary N) is 1. The van der Waals surface area contributed by atoms with Gasteiger partial charge in [-0.05, 0) is 61.5 Å². The van der Waals surface area contributed by atoms with Crippen LogP contribution in [-0.4, -0.2) is 30.8 Å². The molecule has 0 heterocycles. The third-order valence-electron chi connectivity index (χ3n) is 4.20. The van der Waals surface area contributed by atoms with E-state index in [2.05, 4.69) is 17.4 Å². The standard InChI is InChI=1S/C24H22ClNO4S/c1-2-29-24(28)21-13-10-18(16-22(21)25)26-23(27)17-8-11-19(12-9-17)30-14-15-31-20-6-4-3-5-7-20/h3-13,16H,2,14-15H2,1H3,(H,26,27). The van der Waals surface area contributed by atoms with Crippen LogP contribution >= 0.6 is 23.4 Å². The van der Waals surface area contributed by atoms with Gasteiger partial charge in [-0.1, -0.05) is 29.8 Å². The Morgan fingerprint density at radius 1 is 1.00 bits per heavy atom. The third-order valence-corrected chi connectivity index (χ3v) is 5.49. The largest absolute Gasteiger partial charge is 0.493 e. The molecule has 0 atom stereocenters. The molecular weight excluding hydrogens is 434 g/mol. The molecule has 0 fully saturated rings. The number of hydrogen-bond donors (Lipinski definition) is 1. The number of benzene rings is 3. The first-order valence-electron chi connectivity index (χ1n) is 9.75. The van der Waals surface area contributed by atoms with Crippen molar-refractivity contribution in [2.45, 2.75) is 11.8 Å².